The molecule has 0 aliphatic heterocycles. The molecular formula is C14H13F3N2O3. The zero-order valence-corrected chi connectivity index (χ0v) is 12.0. The van der Waals surface area contributed by atoms with E-state index in [4.69, 9.17) is 4.74 Å². The molecule has 5 nitrogen and oxygen atoms in total. The number of alkyl halides is 3. The monoisotopic (exact) mass is 314 g/mol. The number of hydrogen-bond acceptors (Lipinski definition) is 4. The number of rotatable bonds is 3. The van der Waals surface area contributed by atoms with Gasteiger partial charge in [-0.1, -0.05) is 0 Å². The SMILES string of the molecule is COC(=O)c1cc(OC)ccc1-c1c(C(F)(F)F)n[nH]c1C. The molecule has 22 heavy (non-hydrogen) atoms. The molecule has 1 aromatic carbocycles. The van der Waals surface area contributed by atoms with Crippen molar-refractivity contribution in [2.75, 3.05) is 14.2 Å². The second-order valence-corrected chi connectivity index (χ2v) is 4.47. The molecule has 2 aromatic rings. The lowest BCUT2D eigenvalue weighted by molar-refractivity contribution is -0.140. The molecule has 0 aliphatic rings. The van der Waals surface area contributed by atoms with Crippen LogP contribution in [0.4, 0.5) is 13.2 Å². The molecule has 0 unspecified atom stereocenters. The standard InChI is InChI=1S/C14H13F3N2O3/c1-7-11(12(19-18-7)14(15,16)17)9-5-4-8(21-2)6-10(9)13(20)22-3/h4-6H,1-3H3,(H,18,19). The summed E-state index contributed by atoms with van der Waals surface area (Å²) in [4.78, 5) is 11.9. The van der Waals surface area contributed by atoms with Crippen LogP contribution in [0.5, 0.6) is 5.75 Å². The van der Waals surface area contributed by atoms with Crippen molar-refractivity contribution in [3.05, 3.63) is 35.2 Å². The van der Waals surface area contributed by atoms with Gasteiger partial charge in [0.15, 0.2) is 5.69 Å². The van der Waals surface area contributed by atoms with Gasteiger partial charge in [-0.05, 0) is 25.1 Å². The number of ether oxygens (including phenoxy) is 2. The summed E-state index contributed by atoms with van der Waals surface area (Å²) in [7, 11) is 2.54. The number of benzene rings is 1. The van der Waals surface area contributed by atoms with E-state index in [0.29, 0.717) is 5.75 Å². The van der Waals surface area contributed by atoms with Crippen molar-refractivity contribution in [3.8, 4) is 16.9 Å². The van der Waals surface area contributed by atoms with Gasteiger partial charge in [-0.2, -0.15) is 18.3 Å². The molecule has 0 saturated carbocycles. The van der Waals surface area contributed by atoms with Crippen LogP contribution in [0.25, 0.3) is 11.1 Å². The smallest absolute Gasteiger partial charge is 0.435 e. The molecule has 0 fully saturated rings. The van der Waals surface area contributed by atoms with Gasteiger partial charge in [-0.15, -0.1) is 0 Å². The van der Waals surface area contributed by atoms with Crippen molar-refractivity contribution in [1.29, 1.82) is 0 Å². The minimum atomic E-state index is -4.65. The maximum Gasteiger partial charge on any atom is 0.435 e. The highest BCUT2D eigenvalue weighted by atomic mass is 19.4. The van der Waals surface area contributed by atoms with Crippen LogP contribution in [0.1, 0.15) is 21.7 Å². The number of H-pyrrole nitrogens is 1. The van der Waals surface area contributed by atoms with Gasteiger partial charge in [0.2, 0.25) is 0 Å². The van der Waals surface area contributed by atoms with Crippen LogP contribution in [-0.2, 0) is 10.9 Å². The van der Waals surface area contributed by atoms with Gasteiger partial charge >= 0.3 is 12.1 Å². The molecule has 1 aromatic heterocycles. The van der Waals surface area contributed by atoms with Gasteiger partial charge in [0.1, 0.15) is 5.75 Å². The Morgan fingerprint density at radius 1 is 1.27 bits per heavy atom. The van der Waals surface area contributed by atoms with Crippen LogP contribution in [0.15, 0.2) is 18.2 Å². The third kappa shape index (κ3) is 2.76. The van der Waals surface area contributed by atoms with Gasteiger partial charge in [0.25, 0.3) is 0 Å². The highest BCUT2D eigenvalue weighted by molar-refractivity contribution is 5.98. The Labute approximate surface area is 124 Å². The summed E-state index contributed by atoms with van der Waals surface area (Å²) in [6.45, 7) is 1.45. The normalized spacial score (nSPS) is 11.4. The number of halogens is 3. The average Bonchev–Trinajstić information content (AvgIpc) is 2.87. The van der Waals surface area contributed by atoms with Gasteiger partial charge in [-0.3, -0.25) is 5.10 Å². The van der Waals surface area contributed by atoms with Crippen molar-refractivity contribution in [2.45, 2.75) is 13.1 Å². The van der Waals surface area contributed by atoms with Crippen molar-refractivity contribution < 1.29 is 27.4 Å². The molecular weight excluding hydrogens is 301 g/mol. The van der Waals surface area contributed by atoms with Gasteiger partial charge in [-0.25, -0.2) is 4.79 Å². The van der Waals surface area contributed by atoms with Gasteiger partial charge < -0.3 is 9.47 Å². The number of carbonyl (C=O) groups is 1. The van der Waals surface area contributed by atoms with Crippen LogP contribution in [0.3, 0.4) is 0 Å². The fourth-order valence-electron chi connectivity index (χ4n) is 2.11. The fraction of sp³-hybridized carbons (Fsp3) is 0.286. The molecule has 0 aliphatic carbocycles. The number of aromatic nitrogens is 2. The summed E-state index contributed by atoms with van der Waals surface area (Å²) in [5, 5.41) is 5.60. The Balaban J connectivity index is 2.73. The largest absolute Gasteiger partial charge is 0.497 e. The lowest BCUT2D eigenvalue weighted by Crippen LogP contribution is -2.10. The molecule has 0 amide bonds. The Morgan fingerprint density at radius 2 is 1.95 bits per heavy atom. The lowest BCUT2D eigenvalue weighted by Gasteiger charge is -2.12. The van der Waals surface area contributed by atoms with Crippen molar-refractivity contribution in [1.82, 2.24) is 10.2 Å². The molecule has 0 saturated heterocycles. The number of aromatic amines is 1. The lowest BCUT2D eigenvalue weighted by atomic mass is 9.97. The third-order valence-electron chi connectivity index (χ3n) is 3.12. The van der Waals surface area contributed by atoms with Gasteiger partial charge in [0, 0.05) is 16.8 Å². The Hall–Kier alpha value is -2.51. The zero-order valence-electron chi connectivity index (χ0n) is 12.0. The van der Waals surface area contributed by atoms with E-state index in [0.717, 1.165) is 7.11 Å². The zero-order chi connectivity index (χ0) is 16.5. The van der Waals surface area contributed by atoms with E-state index in [1.807, 2.05) is 0 Å². The number of methoxy groups -OCH3 is 2. The highest BCUT2D eigenvalue weighted by Crippen LogP contribution is 2.39. The number of carbonyl (C=O) groups excluding carboxylic acids is 1. The predicted octanol–water partition coefficient (Wildman–Crippen LogP) is 3.20. The second-order valence-electron chi connectivity index (χ2n) is 4.47. The first kappa shape index (κ1) is 15.9. The predicted molar refractivity (Wildman–Crippen MR) is 71.7 cm³/mol. The Morgan fingerprint density at radius 3 is 2.50 bits per heavy atom. The molecule has 0 bridgehead atoms. The summed E-state index contributed by atoms with van der Waals surface area (Å²) < 4.78 is 48.9. The van der Waals surface area contributed by atoms with Crippen LogP contribution in [0.2, 0.25) is 0 Å². The number of esters is 1. The maximum absolute atomic E-state index is 13.1. The third-order valence-corrected chi connectivity index (χ3v) is 3.12. The van der Waals surface area contributed by atoms with E-state index in [9.17, 15) is 18.0 Å². The average molecular weight is 314 g/mol. The minimum absolute atomic E-state index is 0.0307. The highest BCUT2D eigenvalue weighted by Gasteiger charge is 2.38. The van der Waals surface area contributed by atoms with Crippen LogP contribution in [-0.4, -0.2) is 30.4 Å². The Bertz CT molecular complexity index is 708. The number of nitrogens with one attached hydrogen (secondary N) is 1. The van der Waals surface area contributed by atoms with Crippen LogP contribution in [0, 0.1) is 6.92 Å². The van der Waals surface area contributed by atoms with Crippen molar-refractivity contribution in [2.24, 2.45) is 0 Å². The molecule has 118 valence electrons. The molecule has 0 atom stereocenters. The summed E-state index contributed by atoms with van der Waals surface area (Å²) in [6, 6.07) is 4.17. The molecule has 1 heterocycles. The fourth-order valence-corrected chi connectivity index (χ4v) is 2.11. The van der Waals surface area contributed by atoms with E-state index >= 15 is 0 Å². The van der Waals surface area contributed by atoms with E-state index in [1.54, 1.807) is 0 Å². The summed E-state index contributed by atoms with van der Waals surface area (Å²) in [6.07, 6.45) is -4.65. The molecule has 0 spiro atoms. The maximum atomic E-state index is 13.1. The minimum Gasteiger partial charge on any atom is -0.497 e. The van der Waals surface area contributed by atoms with Crippen LogP contribution < -0.4 is 4.74 Å². The number of hydrogen-bond donors (Lipinski definition) is 1. The van der Waals surface area contributed by atoms with E-state index in [-0.39, 0.29) is 22.4 Å². The molecule has 2 rings (SSSR count). The first-order valence-corrected chi connectivity index (χ1v) is 6.18. The van der Waals surface area contributed by atoms with Gasteiger partial charge in [0.05, 0.1) is 19.8 Å². The molecule has 8 heteroatoms. The summed E-state index contributed by atoms with van der Waals surface area (Å²) in [5.74, 6) is -0.429. The number of aryl methyl sites for hydroxylation is 1. The second kappa shape index (κ2) is 5.70. The Kier molecular flexibility index (Phi) is 4.11. The quantitative estimate of drug-likeness (QED) is 0.884. The topological polar surface area (TPSA) is 64.2 Å². The first-order chi connectivity index (χ1) is 10.3. The van der Waals surface area contributed by atoms with Crippen molar-refractivity contribution >= 4 is 5.97 Å². The van der Waals surface area contributed by atoms with E-state index in [1.165, 1.54) is 32.2 Å². The molecule has 1 N–H and O–H groups in total. The van der Waals surface area contributed by atoms with E-state index in [2.05, 4.69) is 14.9 Å². The summed E-state index contributed by atoms with van der Waals surface area (Å²) >= 11 is 0. The van der Waals surface area contributed by atoms with E-state index < -0.39 is 17.8 Å². The van der Waals surface area contributed by atoms with Crippen molar-refractivity contribution in [3.63, 3.8) is 0 Å². The number of nitrogens with zero attached hydrogens (tertiary/aromatic N) is 1. The molecule has 0 radical (unpaired) electrons. The summed E-state index contributed by atoms with van der Waals surface area (Å²) in [5.41, 5.74) is -1.03. The first-order valence-electron chi connectivity index (χ1n) is 6.18. The van der Waals surface area contributed by atoms with Crippen LogP contribution >= 0.6 is 0 Å².